The Morgan fingerprint density at radius 3 is 2.67 bits per heavy atom. The molecule has 1 aromatic carbocycles. The summed E-state index contributed by atoms with van der Waals surface area (Å²) in [5, 5.41) is 4.46. The second-order valence-corrected chi connectivity index (χ2v) is 6.30. The van der Waals surface area contributed by atoms with Crippen molar-refractivity contribution in [1.82, 2.24) is 5.32 Å². The van der Waals surface area contributed by atoms with E-state index in [4.69, 9.17) is 23.2 Å². The van der Waals surface area contributed by atoms with Crippen LogP contribution in [-0.2, 0) is 6.54 Å². The Bertz CT molecular complexity index is 377. The lowest BCUT2D eigenvalue weighted by Gasteiger charge is -2.39. The first-order valence-corrected chi connectivity index (χ1v) is 7.60. The summed E-state index contributed by atoms with van der Waals surface area (Å²) in [6, 6.07) is 8.03. The molecule has 3 heteroatoms. The zero-order valence-corrected chi connectivity index (χ0v) is 12.4. The van der Waals surface area contributed by atoms with Crippen molar-refractivity contribution in [3.63, 3.8) is 0 Å². The summed E-state index contributed by atoms with van der Waals surface area (Å²) in [5.74, 6) is 1.47. The van der Waals surface area contributed by atoms with E-state index in [2.05, 4.69) is 24.4 Å². The molecule has 0 heterocycles. The molecule has 1 aromatic rings. The van der Waals surface area contributed by atoms with Gasteiger partial charge in [-0.1, -0.05) is 43.5 Å². The summed E-state index contributed by atoms with van der Waals surface area (Å²) < 4.78 is 0. The molecular formula is C15H21Cl2N. The number of hydrogen-bond acceptors (Lipinski definition) is 1. The minimum Gasteiger partial charge on any atom is -0.306 e. The molecule has 0 aliphatic heterocycles. The second-order valence-electron chi connectivity index (χ2n) is 5.60. The zero-order valence-electron chi connectivity index (χ0n) is 10.9. The largest absolute Gasteiger partial charge is 0.306 e. The van der Waals surface area contributed by atoms with Gasteiger partial charge in [0.05, 0.1) is 0 Å². The van der Waals surface area contributed by atoms with Crippen LogP contribution in [0.2, 0.25) is 5.02 Å². The van der Waals surface area contributed by atoms with Crippen LogP contribution in [0.1, 0.15) is 38.2 Å². The number of nitrogens with one attached hydrogen (secondary N) is 1. The highest BCUT2D eigenvalue weighted by atomic mass is 35.5. The molecule has 2 atom stereocenters. The summed E-state index contributed by atoms with van der Waals surface area (Å²) in [4.78, 5) is 0. The predicted octanol–water partition coefficient (Wildman–Crippen LogP) is 4.62. The lowest BCUT2D eigenvalue weighted by Crippen LogP contribution is -2.49. The van der Waals surface area contributed by atoms with E-state index >= 15 is 0 Å². The van der Waals surface area contributed by atoms with E-state index in [-0.39, 0.29) is 5.54 Å². The molecule has 1 N–H and O–H groups in total. The maximum Gasteiger partial charge on any atom is 0.0406 e. The van der Waals surface area contributed by atoms with Crippen molar-refractivity contribution >= 4 is 23.2 Å². The van der Waals surface area contributed by atoms with Gasteiger partial charge >= 0.3 is 0 Å². The molecule has 1 saturated carbocycles. The summed E-state index contributed by atoms with van der Waals surface area (Å²) in [7, 11) is 0. The van der Waals surface area contributed by atoms with Crippen LogP contribution in [-0.4, -0.2) is 11.4 Å². The van der Waals surface area contributed by atoms with Crippen LogP contribution in [0.15, 0.2) is 24.3 Å². The van der Waals surface area contributed by atoms with Gasteiger partial charge in [-0.25, -0.2) is 0 Å². The Hall–Kier alpha value is -0.240. The summed E-state index contributed by atoms with van der Waals surface area (Å²) in [6.45, 7) is 3.20. The molecule has 18 heavy (non-hydrogen) atoms. The van der Waals surface area contributed by atoms with Crippen molar-refractivity contribution in [1.29, 1.82) is 0 Å². The number of hydrogen-bond donors (Lipinski definition) is 1. The SMILES string of the molecule is CC1CCCC(CCl)(NCc2ccc(Cl)cc2)C1. The topological polar surface area (TPSA) is 12.0 Å². The second kappa shape index (κ2) is 6.27. The van der Waals surface area contributed by atoms with E-state index in [0.717, 1.165) is 17.5 Å². The monoisotopic (exact) mass is 285 g/mol. The Morgan fingerprint density at radius 2 is 2.06 bits per heavy atom. The van der Waals surface area contributed by atoms with E-state index in [9.17, 15) is 0 Å². The fourth-order valence-electron chi connectivity index (χ4n) is 2.88. The first kappa shape index (κ1) is 14.2. The van der Waals surface area contributed by atoms with Crippen LogP contribution in [0.4, 0.5) is 0 Å². The maximum absolute atomic E-state index is 6.21. The van der Waals surface area contributed by atoms with Gasteiger partial charge in [0.1, 0.15) is 0 Å². The lowest BCUT2D eigenvalue weighted by atomic mass is 9.77. The Morgan fingerprint density at radius 1 is 1.33 bits per heavy atom. The number of halogens is 2. The van der Waals surface area contributed by atoms with E-state index in [1.54, 1.807) is 0 Å². The summed E-state index contributed by atoms with van der Waals surface area (Å²) in [5.41, 5.74) is 1.39. The predicted molar refractivity (Wildman–Crippen MR) is 79.4 cm³/mol. The third-order valence-electron chi connectivity index (χ3n) is 3.93. The standard InChI is InChI=1S/C15H21Cl2N/c1-12-3-2-8-15(9-12,11-16)18-10-13-4-6-14(17)7-5-13/h4-7,12,18H,2-3,8-11H2,1H3. The molecular weight excluding hydrogens is 265 g/mol. The van der Waals surface area contributed by atoms with Gasteiger partial charge in [-0.2, -0.15) is 0 Å². The number of benzene rings is 1. The van der Waals surface area contributed by atoms with E-state index in [0.29, 0.717) is 5.88 Å². The van der Waals surface area contributed by atoms with Gasteiger partial charge in [0.25, 0.3) is 0 Å². The van der Waals surface area contributed by atoms with Gasteiger partial charge in [0, 0.05) is 23.0 Å². The van der Waals surface area contributed by atoms with E-state index in [1.807, 2.05) is 12.1 Å². The van der Waals surface area contributed by atoms with Crippen LogP contribution < -0.4 is 5.32 Å². The normalized spacial score (nSPS) is 28.3. The molecule has 1 nitrogen and oxygen atoms in total. The molecule has 100 valence electrons. The first-order chi connectivity index (χ1) is 8.63. The van der Waals surface area contributed by atoms with Crippen molar-refractivity contribution in [2.45, 2.75) is 44.7 Å². The summed E-state index contributed by atoms with van der Waals surface area (Å²) >= 11 is 12.1. The van der Waals surface area contributed by atoms with Crippen molar-refractivity contribution < 1.29 is 0 Å². The van der Waals surface area contributed by atoms with Crippen LogP contribution in [0.3, 0.4) is 0 Å². The molecule has 1 fully saturated rings. The molecule has 0 spiro atoms. The summed E-state index contributed by atoms with van der Waals surface area (Å²) in [6.07, 6.45) is 4.99. The zero-order chi connectivity index (χ0) is 13.0. The first-order valence-electron chi connectivity index (χ1n) is 6.69. The minimum absolute atomic E-state index is 0.124. The third kappa shape index (κ3) is 3.63. The van der Waals surface area contributed by atoms with Gasteiger partial charge in [-0.15, -0.1) is 11.6 Å². The smallest absolute Gasteiger partial charge is 0.0406 e. The molecule has 0 amide bonds. The van der Waals surface area contributed by atoms with Crippen molar-refractivity contribution in [2.24, 2.45) is 5.92 Å². The van der Waals surface area contributed by atoms with E-state index < -0.39 is 0 Å². The van der Waals surface area contributed by atoms with Crippen molar-refractivity contribution in [3.05, 3.63) is 34.9 Å². The molecule has 0 saturated heterocycles. The highest BCUT2D eigenvalue weighted by Gasteiger charge is 2.33. The molecule has 2 rings (SSSR count). The molecule has 0 aromatic heterocycles. The lowest BCUT2D eigenvalue weighted by molar-refractivity contribution is 0.207. The van der Waals surface area contributed by atoms with Crippen LogP contribution in [0.5, 0.6) is 0 Å². The Kier molecular flexibility index (Phi) is 4.94. The average Bonchev–Trinajstić information content (AvgIpc) is 2.38. The van der Waals surface area contributed by atoms with Gasteiger partial charge in [-0.3, -0.25) is 0 Å². The maximum atomic E-state index is 6.21. The van der Waals surface area contributed by atoms with Gasteiger partial charge in [0.2, 0.25) is 0 Å². The molecule has 0 bridgehead atoms. The van der Waals surface area contributed by atoms with Gasteiger partial charge in [-0.05, 0) is 36.5 Å². The third-order valence-corrected chi connectivity index (χ3v) is 4.69. The number of rotatable bonds is 4. The van der Waals surface area contributed by atoms with Gasteiger partial charge in [0.15, 0.2) is 0 Å². The van der Waals surface area contributed by atoms with Crippen LogP contribution in [0, 0.1) is 5.92 Å². The quantitative estimate of drug-likeness (QED) is 0.796. The van der Waals surface area contributed by atoms with Crippen LogP contribution in [0.25, 0.3) is 0 Å². The van der Waals surface area contributed by atoms with Gasteiger partial charge < -0.3 is 5.32 Å². The highest BCUT2D eigenvalue weighted by molar-refractivity contribution is 6.30. The molecule has 1 aliphatic rings. The average molecular weight is 286 g/mol. The number of alkyl halides is 1. The highest BCUT2D eigenvalue weighted by Crippen LogP contribution is 2.33. The molecule has 2 unspecified atom stereocenters. The van der Waals surface area contributed by atoms with Crippen molar-refractivity contribution in [3.8, 4) is 0 Å². The molecule has 0 radical (unpaired) electrons. The Labute approximate surface area is 120 Å². The molecule has 1 aliphatic carbocycles. The van der Waals surface area contributed by atoms with Crippen LogP contribution >= 0.6 is 23.2 Å². The Balaban J connectivity index is 1.96. The fourth-order valence-corrected chi connectivity index (χ4v) is 3.34. The fraction of sp³-hybridized carbons (Fsp3) is 0.600. The van der Waals surface area contributed by atoms with E-state index in [1.165, 1.54) is 31.2 Å². The minimum atomic E-state index is 0.124. The van der Waals surface area contributed by atoms with Crippen molar-refractivity contribution in [2.75, 3.05) is 5.88 Å².